The highest BCUT2D eigenvalue weighted by Gasteiger charge is 2.25. The number of nitrogens with one attached hydrogen (secondary N) is 1. The summed E-state index contributed by atoms with van der Waals surface area (Å²) in [5, 5.41) is 19.4. The van der Waals surface area contributed by atoms with Crippen molar-refractivity contribution < 1.29 is 18.6 Å². The third-order valence-electron chi connectivity index (χ3n) is 4.39. The molecule has 0 radical (unpaired) electrons. The molecule has 4 rings (SSSR count). The second kappa shape index (κ2) is 9.12. The standard InChI is InChI=1S/C20H20N8O4/c1-3-10-30-14-8-6-13(7-9-14)17-16(23-27-28(17)19-18(21)25-32-26-19)20(29)24-22-12(2)15-5-4-11-31-15/h4-9,11H,3,10H2,1-2H3,(H2,21,25)(H,24,29). The molecule has 12 nitrogen and oxygen atoms in total. The molecule has 3 N–H and O–H groups in total. The third-order valence-corrected chi connectivity index (χ3v) is 4.39. The van der Waals surface area contributed by atoms with E-state index < -0.39 is 5.91 Å². The lowest BCUT2D eigenvalue weighted by atomic mass is 10.1. The van der Waals surface area contributed by atoms with Gasteiger partial charge in [0.1, 0.15) is 22.9 Å². The molecule has 0 saturated carbocycles. The maximum atomic E-state index is 12.9. The van der Waals surface area contributed by atoms with Crippen LogP contribution in [0.25, 0.3) is 17.1 Å². The van der Waals surface area contributed by atoms with Gasteiger partial charge in [0.15, 0.2) is 5.69 Å². The number of carbonyl (C=O) groups excluding carboxylic acids is 1. The third kappa shape index (κ3) is 4.19. The number of nitrogens with two attached hydrogens (primary N) is 1. The molecule has 3 aromatic heterocycles. The van der Waals surface area contributed by atoms with Crippen molar-refractivity contribution >= 4 is 17.4 Å². The Labute approximate surface area is 182 Å². The van der Waals surface area contributed by atoms with Crippen LogP contribution < -0.4 is 15.9 Å². The van der Waals surface area contributed by atoms with Gasteiger partial charge in [0.05, 0.1) is 12.9 Å². The van der Waals surface area contributed by atoms with Crippen molar-refractivity contribution in [2.75, 3.05) is 12.3 Å². The molecule has 0 saturated heterocycles. The van der Waals surface area contributed by atoms with Crippen LogP contribution in [0, 0.1) is 0 Å². The number of carbonyl (C=O) groups is 1. The van der Waals surface area contributed by atoms with E-state index in [1.165, 1.54) is 10.9 Å². The number of ether oxygens (including phenoxy) is 1. The number of aromatic nitrogens is 5. The molecule has 4 aromatic rings. The van der Waals surface area contributed by atoms with Crippen molar-refractivity contribution in [3.63, 3.8) is 0 Å². The maximum absolute atomic E-state index is 12.9. The number of amides is 1. The molecule has 164 valence electrons. The van der Waals surface area contributed by atoms with E-state index in [4.69, 9.17) is 14.9 Å². The lowest BCUT2D eigenvalue weighted by Gasteiger charge is -2.08. The number of hydrazone groups is 1. The predicted molar refractivity (Wildman–Crippen MR) is 113 cm³/mol. The SMILES string of the molecule is CCCOc1ccc(-c2c(C(=O)NN=C(C)c3ccco3)nnn2-c2nonc2N)cc1. The zero-order valence-electron chi connectivity index (χ0n) is 17.3. The Morgan fingerprint density at radius 2 is 2.06 bits per heavy atom. The number of anilines is 1. The van der Waals surface area contributed by atoms with Crippen LogP contribution in [0.3, 0.4) is 0 Å². The van der Waals surface area contributed by atoms with Crippen LogP contribution in [-0.2, 0) is 0 Å². The second-order valence-electron chi connectivity index (χ2n) is 6.66. The van der Waals surface area contributed by atoms with E-state index in [1.807, 2.05) is 6.92 Å². The number of hydrogen-bond donors (Lipinski definition) is 2. The zero-order valence-corrected chi connectivity index (χ0v) is 17.3. The average molecular weight is 436 g/mol. The smallest absolute Gasteiger partial charge is 0.294 e. The Kier molecular flexibility index (Phi) is 5.92. The summed E-state index contributed by atoms with van der Waals surface area (Å²) in [4.78, 5) is 12.9. The van der Waals surface area contributed by atoms with Crippen molar-refractivity contribution in [3.05, 3.63) is 54.1 Å². The highest BCUT2D eigenvalue weighted by Crippen LogP contribution is 2.28. The van der Waals surface area contributed by atoms with E-state index in [0.717, 1.165) is 6.42 Å². The normalized spacial score (nSPS) is 11.5. The number of nitrogens with zero attached hydrogens (tertiary/aromatic N) is 6. The Balaban J connectivity index is 1.70. The van der Waals surface area contributed by atoms with E-state index in [9.17, 15) is 4.79 Å². The van der Waals surface area contributed by atoms with E-state index in [2.05, 4.69) is 35.8 Å². The van der Waals surface area contributed by atoms with Gasteiger partial charge in [-0.3, -0.25) is 4.79 Å². The molecule has 1 amide bonds. The predicted octanol–water partition coefficient (Wildman–Crippen LogP) is 2.44. The van der Waals surface area contributed by atoms with Crippen molar-refractivity contribution in [3.8, 4) is 22.8 Å². The fourth-order valence-electron chi connectivity index (χ4n) is 2.84. The molecule has 0 aliphatic carbocycles. The van der Waals surface area contributed by atoms with Crippen molar-refractivity contribution in [2.45, 2.75) is 20.3 Å². The van der Waals surface area contributed by atoms with Gasteiger partial charge in [-0.25, -0.2) is 10.1 Å². The Morgan fingerprint density at radius 1 is 1.25 bits per heavy atom. The molecule has 0 atom stereocenters. The van der Waals surface area contributed by atoms with Gasteiger partial charge in [0.25, 0.3) is 5.91 Å². The first-order valence-electron chi connectivity index (χ1n) is 9.74. The van der Waals surface area contributed by atoms with Crippen molar-refractivity contribution in [2.24, 2.45) is 5.10 Å². The summed E-state index contributed by atoms with van der Waals surface area (Å²) in [5.41, 5.74) is 9.74. The summed E-state index contributed by atoms with van der Waals surface area (Å²) >= 11 is 0. The topological polar surface area (TPSA) is 159 Å². The molecule has 12 heteroatoms. The van der Waals surface area contributed by atoms with Crippen LogP contribution in [0.5, 0.6) is 5.75 Å². The highest BCUT2D eigenvalue weighted by molar-refractivity contribution is 6.01. The van der Waals surface area contributed by atoms with Gasteiger partial charge >= 0.3 is 0 Å². The van der Waals surface area contributed by atoms with Crippen LogP contribution in [0.1, 0.15) is 36.5 Å². The number of nitrogen functional groups attached to an aromatic ring is 1. The van der Waals surface area contributed by atoms with Crippen LogP contribution in [0.2, 0.25) is 0 Å². The molecule has 3 heterocycles. The van der Waals surface area contributed by atoms with E-state index in [1.54, 1.807) is 43.3 Å². The maximum Gasteiger partial charge on any atom is 0.294 e. The van der Waals surface area contributed by atoms with E-state index >= 15 is 0 Å². The summed E-state index contributed by atoms with van der Waals surface area (Å²) in [6, 6.07) is 10.6. The molecule has 0 aliphatic rings. The highest BCUT2D eigenvalue weighted by atomic mass is 16.6. The number of benzene rings is 1. The fourth-order valence-corrected chi connectivity index (χ4v) is 2.84. The lowest BCUT2D eigenvalue weighted by molar-refractivity contribution is 0.0950. The van der Waals surface area contributed by atoms with Gasteiger partial charge in [-0.1, -0.05) is 12.1 Å². The first-order valence-corrected chi connectivity index (χ1v) is 9.74. The van der Waals surface area contributed by atoms with Crippen LogP contribution in [0.15, 0.2) is 56.8 Å². The molecule has 0 aliphatic heterocycles. The summed E-state index contributed by atoms with van der Waals surface area (Å²) in [6.07, 6.45) is 2.41. The molecular formula is C20H20N8O4. The minimum Gasteiger partial charge on any atom is -0.494 e. The Morgan fingerprint density at radius 3 is 2.72 bits per heavy atom. The van der Waals surface area contributed by atoms with Gasteiger partial charge in [-0.2, -0.15) is 9.78 Å². The van der Waals surface area contributed by atoms with Crippen molar-refractivity contribution in [1.82, 2.24) is 30.7 Å². The van der Waals surface area contributed by atoms with Gasteiger partial charge in [-0.05, 0) is 60.1 Å². The fraction of sp³-hybridized carbons (Fsp3) is 0.200. The Bertz CT molecular complexity index is 1230. The number of hydrogen-bond acceptors (Lipinski definition) is 10. The largest absolute Gasteiger partial charge is 0.494 e. The first kappa shape index (κ1) is 20.8. The van der Waals surface area contributed by atoms with E-state index in [-0.39, 0.29) is 17.3 Å². The average Bonchev–Trinajstić information content (AvgIpc) is 3.56. The molecule has 0 spiro atoms. The van der Waals surface area contributed by atoms with Gasteiger partial charge in [0.2, 0.25) is 11.6 Å². The van der Waals surface area contributed by atoms with Crippen LogP contribution >= 0.6 is 0 Å². The minimum absolute atomic E-state index is 0.00214. The monoisotopic (exact) mass is 436 g/mol. The molecule has 32 heavy (non-hydrogen) atoms. The van der Waals surface area contributed by atoms with Gasteiger partial charge in [-0.15, -0.1) is 5.10 Å². The van der Waals surface area contributed by atoms with Crippen LogP contribution in [0.4, 0.5) is 5.82 Å². The quantitative estimate of drug-likeness (QED) is 0.312. The lowest BCUT2D eigenvalue weighted by Crippen LogP contribution is -2.20. The second-order valence-corrected chi connectivity index (χ2v) is 6.66. The zero-order chi connectivity index (χ0) is 22.5. The summed E-state index contributed by atoms with van der Waals surface area (Å²) in [5.74, 6) is 0.740. The first-order chi connectivity index (χ1) is 15.6. The molecule has 0 fully saturated rings. The van der Waals surface area contributed by atoms with Gasteiger partial charge < -0.3 is 14.9 Å². The van der Waals surface area contributed by atoms with E-state index in [0.29, 0.717) is 35.1 Å². The summed E-state index contributed by atoms with van der Waals surface area (Å²) in [7, 11) is 0. The molecule has 0 unspecified atom stereocenters. The van der Waals surface area contributed by atoms with Crippen molar-refractivity contribution in [1.29, 1.82) is 0 Å². The van der Waals surface area contributed by atoms with Gasteiger partial charge in [0, 0.05) is 5.56 Å². The Hall–Kier alpha value is -4.48. The number of furan rings is 1. The summed E-state index contributed by atoms with van der Waals surface area (Å²) in [6.45, 7) is 4.32. The van der Waals surface area contributed by atoms with Crippen LogP contribution in [-0.4, -0.2) is 43.5 Å². The molecule has 0 bridgehead atoms. The molecular weight excluding hydrogens is 416 g/mol. The summed E-state index contributed by atoms with van der Waals surface area (Å²) < 4.78 is 16.9. The minimum atomic E-state index is -0.585. The molecule has 1 aromatic carbocycles. The number of rotatable bonds is 8.